The van der Waals surface area contributed by atoms with Crippen LogP contribution >= 0.6 is 7.82 Å². The van der Waals surface area contributed by atoms with Crippen molar-refractivity contribution in [3.63, 3.8) is 0 Å². The summed E-state index contributed by atoms with van der Waals surface area (Å²) in [7, 11) is -3.87. The molecule has 0 aliphatic heterocycles. The van der Waals surface area contributed by atoms with Crippen LogP contribution in [0, 0.1) is 0 Å². The lowest BCUT2D eigenvalue weighted by atomic mass is 10.0. The molecule has 0 amide bonds. The highest BCUT2D eigenvalue weighted by atomic mass is 31.2. The molecule has 6 nitrogen and oxygen atoms in total. The second-order valence-corrected chi connectivity index (χ2v) is 18.0. The van der Waals surface area contributed by atoms with Gasteiger partial charge in [-0.2, -0.15) is 0 Å². The van der Waals surface area contributed by atoms with Crippen LogP contribution in [0.25, 0.3) is 0 Å². The lowest BCUT2D eigenvalue weighted by Crippen LogP contribution is -2.08. The number of phosphoric ester groups is 1. The number of ketones is 2. The summed E-state index contributed by atoms with van der Waals surface area (Å²) in [6, 6.07) is 17.7. The number of benzene rings is 2. The van der Waals surface area contributed by atoms with Crippen molar-refractivity contribution in [2.24, 2.45) is 0 Å². The molecule has 2 aromatic carbocycles. The maximum atomic E-state index is 12.0. The van der Waals surface area contributed by atoms with Crippen LogP contribution in [0.3, 0.4) is 0 Å². The molecule has 0 saturated carbocycles. The van der Waals surface area contributed by atoms with Crippen molar-refractivity contribution in [1.29, 1.82) is 0 Å². The predicted molar refractivity (Wildman–Crippen MR) is 247 cm³/mol. The number of carbonyl (C=O) groups is 2. The first-order valence-corrected chi connectivity index (χ1v) is 25.7. The van der Waals surface area contributed by atoms with Gasteiger partial charge in [-0.05, 0) is 12.8 Å². The number of unbranched alkanes of at least 4 members (excludes halogenated alkanes) is 30. The first-order chi connectivity index (χ1) is 28.4. The molecule has 0 unspecified atom stereocenters. The molecule has 0 fully saturated rings. The van der Waals surface area contributed by atoms with E-state index in [1.807, 2.05) is 12.1 Å². The van der Waals surface area contributed by atoms with E-state index >= 15 is 0 Å². The molecule has 0 heterocycles. The Balaban J connectivity index is 0.000000810. The zero-order valence-corrected chi connectivity index (χ0v) is 38.4. The minimum absolute atomic E-state index is 0.0754. The summed E-state index contributed by atoms with van der Waals surface area (Å²) < 4.78 is 22.4. The zero-order chi connectivity index (χ0) is 42.0. The van der Waals surface area contributed by atoms with E-state index in [0.29, 0.717) is 24.3 Å². The summed E-state index contributed by atoms with van der Waals surface area (Å²) in [5.41, 5.74) is 1.16. The van der Waals surface area contributed by atoms with E-state index in [2.05, 4.69) is 13.8 Å². The van der Waals surface area contributed by atoms with Gasteiger partial charge in [0, 0.05) is 11.1 Å². The van der Waals surface area contributed by atoms with Gasteiger partial charge in [0.25, 0.3) is 0 Å². The summed E-state index contributed by atoms with van der Waals surface area (Å²) in [4.78, 5) is 33.5. The van der Waals surface area contributed by atoms with Gasteiger partial charge in [0.15, 0.2) is 11.6 Å². The van der Waals surface area contributed by atoms with Crippen molar-refractivity contribution < 1.29 is 28.1 Å². The average Bonchev–Trinajstić information content (AvgIpc) is 3.24. The Hall–Kier alpha value is -2.11. The fourth-order valence-electron chi connectivity index (χ4n) is 7.30. The van der Waals surface area contributed by atoms with Crippen molar-refractivity contribution in [2.45, 2.75) is 226 Å². The van der Waals surface area contributed by atoms with Crippen LogP contribution in [0.4, 0.5) is 0 Å². The first-order valence-electron chi connectivity index (χ1n) is 24.2. The number of phosphoric acid groups is 1. The number of hydrogen-bond donors (Lipinski definition) is 1. The van der Waals surface area contributed by atoms with Gasteiger partial charge in [0.1, 0.15) is 0 Å². The van der Waals surface area contributed by atoms with E-state index in [-0.39, 0.29) is 18.0 Å². The van der Waals surface area contributed by atoms with Gasteiger partial charge in [0.2, 0.25) is 0 Å². The molecular weight excluding hydrogens is 740 g/mol. The summed E-state index contributed by atoms with van der Waals surface area (Å²) in [5.74, 6) is -0.279. The van der Waals surface area contributed by atoms with Crippen LogP contribution in [0.5, 0.6) is 0 Å². The summed E-state index contributed by atoms with van der Waals surface area (Å²) in [6.07, 6.45) is 42.1. The van der Waals surface area contributed by atoms with Gasteiger partial charge in [-0.1, -0.05) is 267 Å². The van der Waals surface area contributed by atoms with E-state index in [4.69, 9.17) is 9.05 Å². The quantitative estimate of drug-likeness (QED) is 0.0311. The van der Waals surface area contributed by atoms with Crippen molar-refractivity contribution in [3.8, 4) is 0 Å². The number of Topliss-reactive ketones (excluding diaryl/α,β-unsaturated/α-hetero) is 2. The van der Waals surface area contributed by atoms with Crippen LogP contribution in [0.1, 0.15) is 246 Å². The van der Waals surface area contributed by atoms with Gasteiger partial charge in [-0.25, -0.2) is 4.57 Å². The first kappa shape index (κ1) is 53.9. The second kappa shape index (κ2) is 40.3. The van der Waals surface area contributed by atoms with Crippen molar-refractivity contribution >= 4 is 19.4 Å². The molecule has 7 heteroatoms. The Labute approximate surface area is 357 Å². The standard InChI is InChI=1S/C36H75O4P.C15H12O2/c1-3-5-7-9-11-13-15-17-19-21-23-25-27-29-31-33-35-39-41(37,38)40-36-34-32-30-28-26-24-22-20-18-16-14-12-10-8-6-4-2;16-14(12-7-3-1-4-8-12)11-15(17)13-9-5-2-6-10-13/h3-36H2,1-2H3,(H,37,38);1-10H,11H2. The highest BCUT2D eigenvalue weighted by molar-refractivity contribution is 7.47. The van der Waals surface area contributed by atoms with Crippen molar-refractivity contribution in [2.75, 3.05) is 13.2 Å². The van der Waals surface area contributed by atoms with Gasteiger partial charge in [-0.3, -0.25) is 18.6 Å². The number of hydrogen-bond acceptors (Lipinski definition) is 5. The highest BCUT2D eigenvalue weighted by Crippen LogP contribution is 2.43. The monoisotopic (exact) mass is 827 g/mol. The highest BCUT2D eigenvalue weighted by Gasteiger charge is 2.20. The molecule has 0 bridgehead atoms. The van der Waals surface area contributed by atoms with E-state index in [1.54, 1.807) is 48.5 Å². The largest absolute Gasteiger partial charge is 0.472 e. The SMILES string of the molecule is CCCCCCCCCCCCCCCCCCOP(=O)(O)OCCCCCCCCCCCCCCCCCC.O=C(CC(=O)c1ccccc1)c1ccccc1. The van der Waals surface area contributed by atoms with E-state index in [0.717, 1.165) is 25.7 Å². The maximum absolute atomic E-state index is 12.0. The summed E-state index contributed by atoms with van der Waals surface area (Å²) in [6.45, 7) is 5.21. The maximum Gasteiger partial charge on any atom is 0.472 e. The molecular formula is C51H87O6P. The third-order valence-electron chi connectivity index (χ3n) is 11.0. The van der Waals surface area contributed by atoms with Crippen molar-refractivity contribution in [1.82, 2.24) is 0 Å². The van der Waals surface area contributed by atoms with E-state index < -0.39 is 7.82 Å². The Morgan fingerprint density at radius 1 is 0.397 bits per heavy atom. The summed E-state index contributed by atoms with van der Waals surface area (Å²) in [5, 5.41) is 0. The topological polar surface area (TPSA) is 89.9 Å². The fraction of sp³-hybridized carbons (Fsp3) is 0.725. The molecule has 0 spiro atoms. The fourth-order valence-corrected chi connectivity index (χ4v) is 8.09. The Bertz CT molecular complexity index is 1140. The normalized spacial score (nSPS) is 11.4. The predicted octanol–water partition coefficient (Wildman–Crippen LogP) is 16.8. The summed E-state index contributed by atoms with van der Waals surface area (Å²) >= 11 is 0. The third kappa shape index (κ3) is 34.7. The molecule has 2 rings (SSSR count). The van der Waals surface area contributed by atoms with E-state index in [9.17, 15) is 19.0 Å². The molecule has 332 valence electrons. The molecule has 0 aromatic heterocycles. The zero-order valence-electron chi connectivity index (χ0n) is 37.5. The van der Waals surface area contributed by atoms with Crippen LogP contribution in [-0.4, -0.2) is 29.7 Å². The lowest BCUT2D eigenvalue weighted by molar-refractivity contribution is 0.0894. The smallest absolute Gasteiger partial charge is 0.302 e. The van der Waals surface area contributed by atoms with Crippen LogP contribution < -0.4 is 0 Å². The van der Waals surface area contributed by atoms with Gasteiger partial charge in [0.05, 0.1) is 19.6 Å². The van der Waals surface area contributed by atoms with Gasteiger partial charge < -0.3 is 4.89 Å². The Morgan fingerprint density at radius 2 is 0.621 bits per heavy atom. The van der Waals surface area contributed by atoms with Gasteiger partial charge in [-0.15, -0.1) is 0 Å². The lowest BCUT2D eigenvalue weighted by Gasteiger charge is -2.12. The molecule has 2 aromatic rings. The number of carbonyl (C=O) groups excluding carboxylic acids is 2. The minimum Gasteiger partial charge on any atom is -0.302 e. The minimum atomic E-state index is -3.87. The molecule has 0 saturated heterocycles. The van der Waals surface area contributed by atoms with Crippen molar-refractivity contribution in [3.05, 3.63) is 71.8 Å². The van der Waals surface area contributed by atoms with Crippen LogP contribution in [-0.2, 0) is 13.6 Å². The molecule has 1 N–H and O–H groups in total. The van der Waals surface area contributed by atoms with Crippen LogP contribution in [0.2, 0.25) is 0 Å². The second-order valence-electron chi connectivity index (χ2n) is 16.5. The van der Waals surface area contributed by atoms with E-state index in [1.165, 1.54) is 180 Å². The third-order valence-corrected chi connectivity index (χ3v) is 12.0. The molecule has 58 heavy (non-hydrogen) atoms. The number of rotatable bonds is 40. The average molecular weight is 827 g/mol. The molecule has 0 atom stereocenters. The Kier molecular flexibility index (Phi) is 37.5. The van der Waals surface area contributed by atoms with Gasteiger partial charge >= 0.3 is 7.82 Å². The Morgan fingerprint density at radius 3 is 0.862 bits per heavy atom. The molecule has 0 radical (unpaired) electrons. The van der Waals surface area contributed by atoms with Crippen LogP contribution in [0.15, 0.2) is 60.7 Å². The molecule has 0 aliphatic carbocycles. The molecule has 0 aliphatic rings.